The number of halogens is 3. The van der Waals surface area contributed by atoms with Gasteiger partial charge < -0.3 is 4.74 Å². The van der Waals surface area contributed by atoms with Crippen molar-refractivity contribution in [2.24, 2.45) is 0 Å². The first-order chi connectivity index (χ1) is 14.2. The second-order valence-electron chi connectivity index (χ2n) is 7.00. The molecule has 0 radical (unpaired) electrons. The molecule has 30 heavy (non-hydrogen) atoms. The van der Waals surface area contributed by atoms with Crippen LogP contribution in [0.3, 0.4) is 0 Å². The van der Waals surface area contributed by atoms with E-state index in [4.69, 9.17) is 0 Å². The standard InChI is InChI=1S/C20H24F3N3O3S/c21-20(22,23)29-18-8-4-5-9-19(18)30(27,28)24-10-11-25-12-14-26(15-13-25)16-17-6-2-1-3-7-17/h1-9,24H,10-16H2. The third-order valence-corrected chi connectivity index (χ3v) is 6.30. The van der Waals surface area contributed by atoms with E-state index in [1.54, 1.807) is 0 Å². The molecule has 164 valence electrons. The van der Waals surface area contributed by atoms with Crippen LogP contribution in [0.4, 0.5) is 13.2 Å². The van der Waals surface area contributed by atoms with Gasteiger partial charge in [-0.3, -0.25) is 9.80 Å². The predicted octanol–water partition coefficient (Wildman–Crippen LogP) is 2.68. The van der Waals surface area contributed by atoms with Crippen molar-refractivity contribution in [2.75, 3.05) is 39.3 Å². The van der Waals surface area contributed by atoms with Gasteiger partial charge in [-0.25, -0.2) is 13.1 Å². The summed E-state index contributed by atoms with van der Waals surface area (Å²) in [5.74, 6) is -0.743. The van der Waals surface area contributed by atoms with Gasteiger partial charge in [-0.2, -0.15) is 0 Å². The molecule has 3 rings (SSSR count). The minimum Gasteiger partial charge on any atom is -0.404 e. The molecular weight excluding hydrogens is 419 g/mol. The number of ether oxygens (including phenoxy) is 1. The molecule has 1 N–H and O–H groups in total. The molecule has 1 fully saturated rings. The van der Waals surface area contributed by atoms with E-state index >= 15 is 0 Å². The second-order valence-corrected chi connectivity index (χ2v) is 8.73. The molecule has 1 saturated heterocycles. The van der Waals surface area contributed by atoms with Crippen molar-refractivity contribution in [2.45, 2.75) is 17.8 Å². The van der Waals surface area contributed by atoms with Crippen molar-refractivity contribution < 1.29 is 26.3 Å². The van der Waals surface area contributed by atoms with Gasteiger partial charge in [0.2, 0.25) is 10.0 Å². The average Bonchev–Trinajstić information content (AvgIpc) is 2.69. The molecule has 1 aliphatic heterocycles. The first-order valence-electron chi connectivity index (χ1n) is 9.56. The lowest BCUT2D eigenvalue weighted by molar-refractivity contribution is -0.275. The molecule has 0 amide bonds. The zero-order valence-electron chi connectivity index (χ0n) is 16.3. The first kappa shape index (κ1) is 22.5. The molecule has 0 bridgehead atoms. The van der Waals surface area contributed by atoms with E-state index in [1.807, 2.05) is 18.2 Å². The zero-order valence-corrected chi connectivity index (χ0v) is 17.1. The average molecular weight is 443 g/mol. The zero-order chi connectivity index (χ0) is 21.6. The monoisotopic (exact) mass is 443 g/mol. The summed E-state index contributed by atoms with van der Waals surface area (Å²) in [7, 11) is -4.13. The summed E-state index contributed by atoms with van der Waals surface area (Å²) in [5, 5.41) is 0. The Hall–Kier alpha value is -2.14. The molecule has 2 aromatic rings. The summed E-state index contributed by atoms with van der Waals surface area (Å²) in [6.45, 7) is 4.76. The Balaban J connectivity index is 1.48. The van der Waals surface area contributed by atoms with E-state index in [-0.39, 0.29) is 6.54 Å². The highest BCUT2D eigenvalue weighted by Crippen LogP contribution is 2.29. The number of nitrogens with one attached hydrogen (secondary N) is 1. The molecule has 1 aliphatic rings. The van der Waals surface area contributed by atoms with E-state index in [2.05, 4.69) is 31.4 Å². The van der Waals surface area contributed by atoms with Gasteiger partial charge in [-0.15, -0.1) is 13.2 Å². The molecule has 0 aromatic heterocycles. The number of piperazine rings is 1. The largest absolute Gasteiger partial charge is 0.573 e. The molecule has 0 aliphatic carbocycles. The first-order valence-corrected chi connectivity index (χ1v) is 11.0. The van der Waals surface area contributed by atoms with Crippen LogP contribution < -0.4 is 9.46 Å². The Labute approximate surface area is 174 Å². The van der Waals surface area contributed by atoms with E-state index in [0.717, 1.165) is 44.9 Å². The Kier molecular flexibility index (Phi) is 7.35. The third-order valence-electron chi connectivity index (χ3n) is 4.80. The van der Waals surface area contributed by atoms with E-state index in [9.17, 15) is 21.6 Å². The molecule has 0 saturated carbocycles. The van der Waals surface area contributed by atoms with Crippen molar-refractivity contribution in [3.8, 4) is 5.75 Å². The Morgan fingerprint density at radius 1 is 0.900 bits per heavy atom. The quantitative estimate of drug-likeness (QED) is 0.680. The van der Waals surface area contributed by atoms with Crippen LogP contribution in [0, 0.1) is 0 Å². The van der Waals surface area contributed by atoms with Crippen molar-refractivity contribution in [1.29, 1.82) is 0 Å². The van der Waals surface area contributed by atoms with Gasteiger partial charge in [-0.05, 0) is 17.7 Å². The number of alkyl halides is 3. The number of hydrogen-bond donors (Lipinski definition) is 1. The molecule has 2 aromatic carbocycles. The van der Waals surface area contributed by atoms with Crippen molar-refractivity contribution in [1.82, 2.24) is 14.5 Å². The van der Waals surface area contributed by atoms with Crippen molar-refractivity contribution in [3.05, 3.63) is 60.2 Å². The van der Waals surface area contributed by atoms with Gasteiger partial charge in [0.1, 0.15) is 10.6 Å². The van der Waals surface area contributed by atoms with E-state index in [0.29, 0.717) is 6.54 Å². The molecule has 0 unspecified atom stereocenters. The normalized spacial score (nSPS) is 16.5. The van der Waals surface area contributed by atoms with E-state index in [1.165, 1.54) is 17.7 Å². The molecule has 0 atom stereocenters. The molecule has 6 nitrogen and oxygen atoms in total. The number of hydrogen-bond acceptors (Lipinski definition) is 5. The SMILES string of the molecule is O=S(=O)(NCCN1CCN(Cc2ccccc2)CC1)c1ccccc1OC(F)(F)F. The summed E-state index contributed by atoms with van der Waals surface area (Å²) >= 11 is 0. The predicted molar refractivity (Wildman–Crippen MR) is 106 cm³/mol. The van der Waals surface area contributed by atoms with Gasteiger partial charge in [0.25, 0.3) is 0 Å². The van der Waals surface area contributed by atoms with Crippen LogP contribution in [0.25, 0.3) is 0 Å². The topological polar surface area (TPSA) is 61.9 Å². The number of para-hydroxylation sites is 1. The minimum absolute atomic E-state index is 0.0986. The smallest absolute Gasteiger partial charge is 0.404 e. The molecule has 10 heteroatoms. The van der Waals surface area contributed by atoms with Gasteiger partial charge in [0, 0.05) is 45.8 Å². The number of rotatable bonds is 8. The third kappa shape index (κ3) is 6.69. The van der Waals surface area contributed by atoms with Gasteiger partial charge in [0.05, 0.1) is 0 Å². The highest BCUT2D eigenvalue weighted by atomic mass is 32.2. The maximum atomic E-state index is 12.5. The van der Waals surface area contributed by atoms with Crippen LogP contribution in [-0.4, -0.2) is 63.8 Å². The lowest BCUT2D eigenvalue weighted by atomic mass is 10.2. The van der Waals surface area contributed by atoms with Crippen molar-refractivity contribution in [3.63, 3.8) is 0 Å². The molecular formula is C20H24F3N3O3S. The number of nitrogens with zero attached hydrogens (tertiary/aromatic N) is 2. The Bertz CT molecular complexity index is 916. The van der Waals surface area contributed by atoms with E-state index < -0.39 is 27.0 Å². The van der Waals surface area contributed by atoms with Gasteiger partial charge in [0.15, 0.2) is 0 Å². The Morgan fingerprint density at radius 2 is 1.50 bits per heavy atom. The van der Waals surface area contributed by atoms with Crippen LogP contribution >= 0.6 is 0 Å². The van der Waals surface area contributed by atoms with Crippen molar-refractivity contribution >= 4 is 10.0 Å². The van der Waals surface area contributed by atoms with Crippen LogP contribution in [0.2, 0.25) is 0 Å². The van der Waals surface area contributed by atoms with Gasteiger partial charge >= 0.3 is 6.36 Å². The summed E-state index contributed by atoms with van der Waals surface area (Å²) in [5.41, 5.74) is 1.25. The minimum atomic E-state index is -4.97. The van der Waals surface area contributed by atoms with Crippen LogP contribution in [-0.2, 0) is 16.6 Å². The summed E-state index contributed by atoms with van der Waals surface area (Å²) in [4.78, 5) is 3.93. The highest BCUT2D eigenvalue weighted by Gasteiger charge is 2.34. The molecule has 0 spiro atoms. The number of sulfonamides is 1. The highest BCUT2D eigenvalue weighted by molar-refractivity contribution is 7.89. The van der Waals surface area contributed by atoms with Crippen LogP contribution in [0.15, 0.2) is 59.5 Å². The summed E-state index contributed by atoms with van der Waals surface area (Å²) in [6.07, 6.45) is -4.97. The number of benzene rings is 2. The van der Waals surface area contributed by atoms with Crippen LogP contribution in [0.1, 0.15) is 5.56 Å². The summed E-state index contributed by atoms with van der Waals surface area (Å²) < 4.78 is 68.7. The lowest BCUT2D eigenvalue weighted by Gasteiger charge is -2.34. The molecule has 1 heterocycles. The Morgan fingerprint density at radius 3 is 2.17 bits per heavy atom. The lowest BCUT2D eigenvalue weighted by Crippen LogP contribution is -2.48. The maximum Gasteiger partial charge on any atom is 0.573 e. The summed E-state index contributed by atoms with van der Waals surface area (Å²) in [6, 6.07) is 14.9. The van der Waals surface area contributed by atoms with Crippen LogP contribution in [0.5, 0.6) is 5.75 Å². The van der Waals surface area contributed by atoms with Gasteiger partial charge in [-0.1, -0.05) is 42.5 Å². The fourth-order valence-corrected chi connectivity index (χ4v) is 4.46. The maximum absolute atomic E-state index is 12.5. The fraction of sp³-hybridized carbons (Fsp3) is 0.400. The second kappa shape index (κ2) is 9.78. The fourth-order valence-electron chi connectivity index (χ4n) is 3.31.